The number of nitrogens with two attached hydrogens (primary N) is 1. The zero-order chi connectivity index (χ0) is 18.6. The summed E-state index contributed by atoms with van der Waals surface area (Å²) in [4.78, 5) is 35.8. The number of carbonyl (C=O) groups is 3. The molecule has 9 nitrogen and oxygen atoms in total. The van der Waals surface area contributed by atoms with E-state index in [0.717, 1.165) is 5.01 Å². The topological polar surface area (TPSA) is 137 Å². The highest BCUT2D eigenvalue weighted by molar-refractivity contribution is 8.01. The number of nitrogens with zero attached hydrogens (tertiary/aromatic N) is 2. The highest BCUT2D eigenvalue weighted by Gasteiger charge is 2.29. The Morgan fingerprint density at radius 1 is 1.28 bits per heavy atom. The molecule has 0 fully saturated rings. The van der Waals surface area contributed by atoms with Gasteiger partial charge in [0.25, 0.3) is 5.91 Å². The van der Waals surface area contributed by atoms with Crippen LogP contribution in [-0.2, 0) is 9.53 Å². The van der Waals surface area contributed by atoms with Crippen LogP contribution < -0.4 is 11.1 Å². The molecule has 2 rings (SSSR count). The van der Waals surface area contributed by atoms with Crippen molar-refractivity contribution in [2.75, 3.05) is 17.7 Å². The molecule has 0 saturated heterocycles. The molecule has 0 aromatic carbocycles. The highest BCUT2D eigenvalue weighted by Crippen LogP contribution is 2.28. The van der Waals surface area contributed by atoms with Gasteiger partial charge < -0.3 is 14.9 Å². The number of esters is 1. The Hall–Kier alpha value is -2.40. The predicted molar refractivity (Wildman–Crippen MR) is 91.9 cm³/mol. The minimum Gasteiger partial charge on any atom is -0.462 e. The molecule has 0 aliphatic carbocycles. The van der Waals surface area contributed by atoms with Gasteiger partial charge in [0.2, 0.25) is 11.8 Å². The summed E-state index contributed by atoms with van der Waals surface area (Å²) in [7, 11) is 0. The number of carbonyl (C=O) groups excluding carboxylic acids is 3. The number of anilines is 1. The zero-order valence-corrected chi connectivity index (χ0v) is 15.4. The van der Waals surface area contributed by atoms with Gasteiger partial charge in [0.15, 0.2) is 4.34 Å². The van der Waals surface area contributed by atoms with Crippen LogP contribution in [0.1, 0.15) is 38.4 Å². The van der Waals surface area contributed by atoms with Gasteiger partial charge in [0.1, 0.15) is 21.9 Å². The van der Waals surface area contributed by atoms with E-state index in [1.165, 1.54) is 30.0 Å². The molecule has 2 aromatic heterocycles. The number of nitrogens with one attached hydrogen (secondary N) is 1. The molecule has 0 saturated carbocycles. The van der Waals surface area contributed by atoms with E-state index < -0.39 is 17.8 Å². The molecule has 2 aromatic rings. The first-order valence-electron chi connectivity index (χ1n) is 7.16. The van der Waals surface area contributed by atoms with Crippen molar-refractivity contribution in [2.45, 2.75) is 25.1 Å². The molecule has 0 atom stereocenters. The minimum absolute atomic E-state index is 0.0291. The van der Waals surface area contributed by atoms with E-state index in [0.29, 0.717) is 4.34 Å². The number of ether oxygens (including phenoxy) is 1. The largest absolute Gasteiger partial charge is 0.462 e. The molecule has 0 unspecified atom stereocenters. The minimum atomic E-state index is -0.900. The van der Waals surface area contributed by atoms with Crippen LogP contribution in [-0.4, -0.2) is 40.3 Å². The number of furan rings is 1. The molecule has 2 amide bonds. The molecule has 2 heterocycles. The monoisotopic (exact) mass is 384 g/mol. The van der Waals surface area contributed by atoms with Crippen LogP contribution in [0.5, 0.6) is 0 Å². The van der Waals surface area contributed by atoms with E-state index in [-0.39, 0.29) is 35.1 Å². The van der Waals surface area contributed by atoms with Crippen molar-refractivity contribution in [1.29, 1.82) is 0 Å². The average molecular weight is 384 g/mol. The van der Waals surface area contributed by atoms with Gasteiger partial charge in [-0.1, -0.05) is 23.1 Å². The number of aryl methyl sites for hydroxylation is 2. The van der Waals surface area contributed by atoms with Crippen molar-refractivity contribution >= 4 is 46.8 Å². The molecule has 0 radical (unpaired) electrons. The molecular formula is C14H16N4O5S2. The van der Waals surface area contributed by atoms with Crippen LogP contribution in [0.3, 0.4) is 0 Å². The average Bonchev–Trinajstić information content (AvgIpc) is 3.08. The van der Waals surface area contributed by atoms with Gasteiger partial charge in [-0.2, -0.15) is 0 Å². The molecule has 0 aliphatic rings. The van der Waals surface area contributed by atoms with Crippen LogP contribution in [0.2, 0.25) is 0 Å². The third-order valence-electron chi connectivity index (χ3n) is 2.90. The van der Waals surface area contributed by atoms with Gasteiger partial charge >= 0.3 is 5.97 Å². The Morgan fingerprint density at radius 2 is 2.00 bits per heavy atom. The first-order valence-corrected chi connectivity index (χ1v) is 8.96. The van der Waals surface area contributed by atoms with Crippen molar-refractivity contribution in [3.8, 4) is 0 Å². The highest BCUT2D eigenvalue weighted by atomic mass is 32.2. The maximum absolute atomic E-state index is 12.1. The number of hydrogen-bond donors (Lipinski definition) is 2. The molecular weight excluding hydrogens is 368 g/mol. The third-order valence-corrected chi connectivity index (χ3v) is 4.87. The second kappa shape index (κ2) is 8.12. The lowest BCUT2D eigenvalue weighted by Crippen LogP contribution is -2.21. The lowest BCUT2D eigenvalue weighted by molar-refractivity contribution is -0.113. The van der Waals surface area contributed by atoms with Gasteiger partial charge in [-0.25, -0.2) is 4.79 Å². The first-order chi connectivity index (χ1) is 11.8. The molecule has 25 heavy (non-hydrogen) atoms. The molecule has 0 bridgehead atoms. The van der Waals surface area contributed by atoms with Crippen molar-refractivity contribution in [3.05, 3.63) is 21.9 Å². The summed E-state index contributed by atoms with van der Waals surface area (Å²) >= 11 is 2.55. The Labute approximate surface area is 151 Å². The van der Waals surface area contributed by atoms with E-state index in [1.807, 2.05) is 6.92 Å². The van der Waals surface area contributed by atoms with E-state index in [1.54, 1.807) is 6.92 Å². The van der Waals surface area contributed by atoms with Crippen molar-refractivity contribution < 1.29 is 23.5 Å². The molecule has 0 aliphatic heterocycles. The maximum atomic E-state index is 12.1. The lowest BCUT2D eigenvalue weighted by atomic mass is 10.1. The van der Waals surface area contributed by atoms with Crippen LogP contribution >= 0.6 is 23.1 Å². The summed E-state index contributed by atoms with van der Waals surface area (Å²) in [5, 5.41) is 11.0. The smallest absolute Gasteiger partial charge is 0.342 e. The summed E-state index contributed by atoms with van der Waals surface area (Å²) in [5.41, 5.74) is 5.03. The van der Waals surface area contributed by atoms with Crippen LogP contribution in [0, 0.1) is 13.8 Å². The Morgan fingerprint density at radius 3 is 2.56 bits per heavy atom. The molecule has 134 valence electrons. The number of hydrogen-bond acceptors (Lipinski definition) is 9. The molecule has 11 heteroatoms. The quantitative estimate of drug-likeness (QED) is 0.544. The van der Waals surface area contributed by atoms with E-state index in [2.05, 4.69) is 15.5 Å². The zero-order valence-electron chi connectivity index (χ0n) is 13.7. The fraction of sp³-hybridized carbons (Fsp3) is 0.357. The summed E-state index contributed by atoms with van der Waals surface area (Å²) in [6, 6.07) is 0. The number of primary amides is 1. The van der Waals surface area contributed by atoms with Crippen LogP contribution in [0.4, 0.5) is 5.88 Å². The number of aromatic nitrogens is 2. The first kappa shape index (κ1) is 18.9. The normalized spacial score (nSPS) is 10.5. The third kappa shape index (κ3) is 4.57. The van der Waals surface area contributed by atoms with Crippen molar-refractivity contribution in [1.82, 2.24) is 10.2 Å². The van der Waals surface area contributed by atoms with Gasteiger partial charge in [0.05, 0.1) is 12.4 Å². The SMILES string of the molecule is CCOC(=O)c1c(C)oc(NC(=O)CSc2nnc(C)s2)c1C(N)=O. The Bertz CT molecular complexity index is 814. The number of rotatable bonds is 7. The summed E-state index contributed by atoms with van der Waals surface area (Å²) in [6.07, 6.45) is 0. The van der Waals surface area contributed by atoms with E-state index in [4.69, 9.17) is 14.9 Å². The second-order valence-corrected chi connectivity index (χ2v) is 7.15. The van der Waals surface area contributed by atoms with Gasteiger partial charge in [-0.3, -0.25) is 14.9 Å². The predicted octanol–water partition coefficient (Wildman–Crippen LogP) is 1.75. The van der Waals surface area contributed by atoms with E-state index in [9.17, 15) is 14.4 Å². The summed E-state index contributed by atoms with van der Waals surface area (Å²) in [6.45, 7) is 5.05. The van der Waals surface area contributed by atoms with Gasteiger partial charge in [-0.05, 0) is 20.8 Å². The van der Waals surface area contributed by atoms with Gasteiger partial charge in [0, 0.05) is 0 Å². The standard InChI is InChI=1S/C14H16N4O5S2/c1-4-22-13(21)9-6(2)23-12(10(9)11(15)20)16-8(19)5-24-14-18-17-7(3)25-14/h4-5H2,1-3H3,(H2,15,20)(H,16,19). The van der Waals surface area contributed by atoms with Gasteiger partial charge in [-0.15, -0.1) is 10.2 Å². The van der Waals surface area contributed by atoms with Crippen LogP contribution in [0.15, 0.2) is 8.76 Å². The maximum Gasteiger partial charge on any atom is 0.342 e. The molecule has 0 spiro atoms. The van der Waals surface area contributed by atoms with Crippen molar-refractivity contribution in [3.63, 3.8) is 0 Å². The van der Waals surface area contributed by atoms with Crippen molar-refractivity contribution in [2.24, 2.45) is 5.73 Å². The number of thioether (sulfide) groups is 1. The summed E-state index contributed by atoms with van der Waals surface area (Å²) in [5.74, 6) is -2.09. The summed E-state index contributed by atoms with van der Waals surface area (Å²) < 4.78 is 10.9. The van der Waals surface area contributed by atoms with Crippen LogP contribution in [0.25, 0.3) is 0 Å². The van der Waals surface area contributed by atoms with E-state index >= 15 is 0 Å². The molecule has 3 N–H and O–H groups in total. The lowest BCUT2D eigenvalue weighted by Gasteiger charge is -2.04. The second-order valence-electron chi connectivity index (χ2n) is 4.75. The fourth-order valence-electron chi connectivity index (χ4n) is 1.94. The number of amides is 2. The Kier molecular flexibility index (Phi) is 6.15. The fourth-order valence-corrected chi connectivity index (χ4v) is 3.56. The Balaban J connectivity index is 2.15.